The first-order valence-electron chi connectivity index (χ1n) is 8.06. The summed E-state index contributed by atoms with van der Waals surface area (Å²) >= 11 is 0. The van der Waals surface area contributed by atoms with Crippen LogP contribution in [0.1, 0.15) is 60.8 Å². The van der Waals surface area contributed by atoms with E-state index in [9.17, 15) is 14.7 Å². The van der Waals surface area contributed by atoms with Crippen molar-refractivity contribution in [1.82, 2.24) is 10.6 Å². The molecule has 0 heterocycles. The lowest BCUT2D eigenvalue weighted by molar-refractivity contribution is -0.139. The number of aliphatic carboxylic acids is 1. The fourth-order valence-corrected chi connectivity index (χ4v) is 2.01. The Balaban J connectivity index is 4.64. The average molecular weight is 316 g/mol. The van der Waals surface area contributed by atoms with E-state index in [0.717, 1.165) is 12.8 Å². The van der Waals surface area contributed by atoms with Crippen LogP contribution in [0, 0.1) is 5.92 Å². The van der Waals surface area contributed by atoms with Crippen LogP contribution < -0.4 is 10.6 Å². The Labute approximate surface area is 134 Å². The molecule has 0 bridgehead atoms. The number of alkyl carbamates (subject to hydrolysis) is 1. The molecule has 6 nitrogen and oxygen atoms in total. The summed E-state index contributed by atoms with van der Waals surface area (Å²) in [6, 6.07) is -0.754. The minimum Gasteiger partial charge on any atom is -0.480 e. The molecule has 0 aliphatic heterocycles. The molecular weight excluding hydrogens is 284 g/mol. The zero-order valence-corrected chi connectivity index (χ0v) is 14.7. The number of carboxylic acid groups (broad SMARTS) is 1. The van der Waals surface area contributed by atoms with Gasteiger partial charge in [0.1, 0.15) is 11.6 Å². The van der Waals surface area contributed by atoms with Crippen LogP contribution in [-0.2, 0) is 9.53 Å². The molecule has 0 rings (SSSR count). The highest BCUT2D eigenvalue weighted by atomic mass is 16.6. The highest BCUT2D eigenvalue weighted by Gasteiger charge is 2.24. The van der Waals surface area contributed by atoms with E-state index in [-0.39, 0.29) is 12.0 Å². The normalized spacial score (nSPS) is 15.7. The zero-order valence-electron chi connectivity index (χ0n) is 14.7. The first-order valence-corrected chi connectivity index (χ1v) is 8.06. The van der Waals surface area contributed by atoms with Crippen LogP contribution in [0.5, 0.6) is 0 Å². The van der Waals surface area contributed by atoms with Crippen molar-refractivity contribution in [3.05, 3.63) is 0 Å². The predicted molar refractivity (Wildman–Crippen MR) is 86.9 cm³/mol. The summed E-state index contributed by atoms with van der Waals surface area (Å²) in [5.41, 5.74) is -0.552. The molecule has 1 amide bonds. The van der Waals surface area contributed by atoms with Gasteiger partial charge in [-0.25, -0.2) is 4.79 Å². The van der Waals surface area contributed by atoms with Gasteiger partial charge in [-0.2, -0.15) is 0 Å². The highest BCUT2D eigenvalue weighted by molar-refractivity contribution is 5.73. The van der Waals surface area contributed by atoms with Crippen molar-refractivity contribution < 1.29 is 19.4 Å². The average Bonchev–Trinajstić information content (AvgIpc) is 2.38. The minimum absolute atomic E-state index is 0.168. The van der Waals surface area contributed by atoms with Crippen LogP contribution >= 0.6 is 0 Å². The predicted octanol–water partition coefficient (Wildman–Crippen LogP) is 2.77. The van der Waals surface area contributed by atoms with Gasteiger partial charge in [0.05, 0.1) is 0 Å². The Morgan fingerprint density at radius 2 is 1.82 bits per heavy atom. The number of carbonyl (C=O) groups is 2. The Kier molecular flexibility index (Phi) is 9.09. The highest BCUT2D eigenvalue weighted by Crippen LogP contribution is 2.11. The van der Waals surface area contributed by atoms with Crippen molar-refractivity contribution >= 4 is 12.1 Å². The molecule has 0 spiro atoms. The molecule has 130 valence electrons. The molecule has 0 saturated carbocycles. The first kappa shape index (κ1) is 20.7. The van der Waals surface area contributed by atoms with Gasteiger partial charge in [0, 0.05) is 12.6 Å². The van der Waals surface area contributed by atoms with Gasteiger partial charge in [0.15, 0.2) is 0 Å². The van der Waals surface area contributed by atoms with Crippen LogP contribution in [0.15, 0.2) is 0 Å². The third-order valence-electron chi connectivity index (χ3n) is 3.49. The largest absolute Gasteiger partial charge is 0.480 e. The summed E-state index contributed by atoms with van der Waals surface area (Å²) in [7, 11) is 0. The van der Waals surface area contributed by atoms with E-state index in [1.54, 1.807) is 0 Å². The van der Waals surface area contributed by atoms with E-state index in [2.05, 4.69) is 10.6 Å². The molecule has 0 aromatic rings. The lowest BCUT2D eigenvalue weighted by Gasteiger charge is -2.28. The van der Waals surface area contributed by atoms with Gasteiger partial charge in [0.25, 0.3) is 0 Å². The van der Waals surface area contributed by atoms with E-state index in [1.807, 2.05) is 41.5 Å². The Hall–Kier alpha value is -1.30. The number of rotatable bonds is 9. The molecular formula is C16H32N2O4. The van der Waals surface area contributed by atoms with Crippen molar-refractivity contribution in [3.63, 3.8) is 0 Å². The minimum atomic E-state index is -0.859. The summed E-state index contributed by atoms with van der Waals surface area (Å²) in [6.07, 6.45) is 1.77. The second-order valence-corrected chi connectivity index (χ2v) is 6.73. The maximum absolute atomic E-state index is 11.9. The standard InChI is InChI=1S/C16H32N2O4/c1-7-9-12(14(19)20)17-10-13(11(3)8-2)18-15(21)22-16(4,5)6/h11-13,17H,7-10H2,1-6H3,(H,18,21)(H,19,20)/t11-,12-,13+/m0/s1. The number of carboxylic acids is 1. The molecule has 0 aromatic heterocycles. The molecule has 3 N–H and O–H groups in total. The molecule has 0 fully saturated rings. The van der Waals surface area contributed by atoms with E-state index < -0.39 is 23.7 Å². The molecule has 0 aliphatic rings. The smallest absolute Gasteiger partial charge is 0.407 e. The van der Waals surface area contributed by atoms with Gasteiger partial charge in [-0.15, -0.1) is 0 Å². The van der Waals surface area contributed by atoms with Crippen LogP contribution in [0.3, 0.4) is 0 Å². The molecule has 0 unspecified atom stereocenters. The van der Waals surface area contributed by atoms with Crippen LogP contribution in [-0.4, -0.2) is 41.4 Å². The van der Waals surface area contributed by atoms with Gasteiger partial charge < -0.3 is 20.5 Å². The number of amides is 1. The van der Waals surface area contributed by atoms with Crippen molar-refractivity contribution in [2.75, 3.05) is 6.54 Å². The van der Waals surface area contributed by atoms with Crippen LogP contribution in [0.2, 0.25) is 0 Å². The third kappa shape index (κ3) is 8.87. The second kappa shape index (κ2) is 9.66. The van der Waals surface area contributed by atoms with E-state index in [1.165, 1.54) is 0 Å². The topological polar surface area (TPSA) is 87.7 Å². The zero-order chi connectivity index (χ0) is 17.3. The second-order valence-electron chi connectivity index (χ2n) is 6.73. The van der Waals surface area contributed by atoms with Crippen molar-refractivity contribution in [2.24, 2.45) is 5.92 Å². The number of hydrogen-bond donors (Lipinski definition) is 3. The summed E-state index contributed by atoms with van der Waals surface area (Å²) in [6.45, 7) is 11.8. The van der Waals surface area contributed by atoms with Gasteiger partial charge in [0.2, 0.25) is 0 Å². The Bertz CT molecular complexity index is 353. The maximum atomic E-state index is 11.9. The molecule has 0 radical (unpaired) electrons. The third-order valence-corrected chi connectivity index (χ3v) is 3.49. The number of nitrogens with one attached hydrogen (secondary N) is 2. The number of ether oxygens (including phenoxy) is 1. The fraction of sp³-hybridized carbons (Fsp3) is 0.875. The summed E-state index contributed by atoms with van der Waals surface area (Å²) in [5.74, 6) is -0.641. The van der Waals surface area contributed by atoms with E-state index in [4.69, 9.17) is 4.74 Å². The summed E-state index contributed by atoms with van der Waals surface area (Å²) in [5, 5.41) is 15.1. The lowest BCUT2D eigenvalue weighted by Crippen LogP contribution is -2.50. The molecule has 0 aromatic carbocycles. The monoisotopic (exact) mass is 316 g/mol. The van der Waals surface area contributed by atoms with E-state index in [0.29, 0.717) is 13.0 Å². The molecule has 6 heteroatoms. The van der Waals surface area contributed by atoms with Crippen LogP contribution in [0.25, 0.3) is 0 Å². The molecule has 22 heavy (non-hydrogen) atoms. The van der Waals surface area contributed by atoms with E-state index >= 15 is 0 Å². The fourth-order valence-electron chi connectivity index (χ4n) is 2.01. The lowest BCUT2D eigenvalue weighted by atomic mass is 9.98. The SMILES string of the molecule is CCC[C@H](NC[C@@H](NC(=O)OC(C)(C)C)[C@@H](C)CC)C(=O)O. The maximum Gasteiger partial charge on any atom is 0.407 e. The molecule has 0 aliphatic carbocycles. The van der Waals surface area contributed by atoms with Crippen LogP contribution in [0.4, 0.5) is 4.79 Å². The number of carbonyl (C=O) groups excluding carboxylic acids is 1. The molecule has 0 saturated heterocycles. The Morgan fingerprint density at radius 1 is 1.23 bits per heavy atom. The van der Waals surface area contributed by atoms with Crippen molar-refractivity contribution in [2.45, 2.75) is 78.5 Å². The van der Waals surface area contributed by atoms with Crippen molar-refractivity contribution in [3.8, 4) is 0 Å². The van der Waals surface area contributed by atoms with Gasteiger partial charge in [-0.3, -0.25) is 4.79 Å². The number of hydrogen-bond acceptors (Lipinski definition) is 4. The van der Waals surface area contributed by atoms with Gasteiger partial charge in [-0.1, -0.05) is 33.6 Å². The van der Waals surface area contributed by atoms with Gasteiger partial charge in [-0.05, 0) is 33.1 Å². The Morgan fingerprint density at radius 3 is 2.23 bits per heavy atom. The van der Waals surface area contributed by atoms with Crippen molar-refractivity contribution in [1.29, 1.82) is 0 Å². The molecule has 3 atom stereocenters. The summed E-state index contributed by atoms with van der Waals surface area (Å²) < 4.78 is 5.27. The first-order chi connectivity index (χ1) is 10.1. The van der Waals surface area contributed by atoms with Gasteiger partial charge >= 0.3 is 12.1 Å². The summed E-state index contributed by atoms with van der Waals surface area (Å²) in [4.78, 5) is 23.1. The quantitative estimate of drug-likeness (QED) is 0.609.